The average molecular weight is 297 g/mol. The molecule has 0 spiro atoms. The van der Waals surface area contributed by atoms with E-state index in [4.69, 9.17) is 4.74 Å². The highest BCUT2D eigenvalue weighted by molar-refractivity contribution is 5.76. The Balaban J connectivity index is 2.31. The molecule has 0 saturated carbocycles. The summed E-state index contributed by atoms with van der Waals surface area (Å²) in [7, 11) is 4.27. The van der Waals surface area contributed by atoms with E-state index in [0.29, 0.717) is 12.2 Å². The van der Waals surface area contributed by atoms with Crippen molar-refractivity contribution in [2.45, 2.75) is 25.1 Å². The molecule has 0 radical (unpaired) electrons. The predicted molar refractivity (Wildman–Crippen MR) is 73.8 cm³/mol. The average Bonchev–Trinajstić information content (AvgIpc) is 2.82. The third kappa shape index (κ3) is 2.91. The van der Waals surface area contributed by atoms with Crippen LogP contribution in [0.2, 0.25) is 0 Å². The molecular weight excluding hydrogens is 278 g/mol. The van der Waals surface area contributed by atoms with Crippen LogP contribution >= 0.6 is 0 Å². The number of aliphatic hydroxyl groups is 1. The zero-order valence-corrected chi connectivity index (χ0v) is 12.3. The Hall–Kier alpha value is -1.93. The van der Waals surface area contributed by atoms with Gasteiger partial charge in [0.25, 0.3) is 5.56 Å². The molecule has 21 heavy (non-hydrogen) atoms. The number of hydrogen-bond acceptors (Lipinski definition) is 6. The van der Waals surface area contributed by atoms with Crippen LogP contribution in [0.15, 0.2) is 15.7 Å². The van der Waals surface area contributed by atoms with Crippen molar-refractivity contribution in [3.8, 4) is 0 Å². The van der Waals surface area contributed by atoms with E-state index in [9.17, 15) is 19.5 Å². The third-order valence-corrected chi connectivity index (χ3v) is 3.85. The van der Waals surface area contributed by atoms with E-state index in [0.717, 1.165) is 4.57 Å². The third-order valence-electron chi connectivity index (χ3n) is 3.85. The van der Waals surface area contributed by atoms with Crippen LogP contribution in [-0.2, 0) is 30.2 Å². The van der Waals surface area contributed by atoms with Crippen molar-refractivity contribution in [2.75, 3.05) is 13.7 Å². The van der Waals surface area contributed by atoms with Crippen molar-refractivity contribution in [1.29, 1.82) is 0 Å². The van der Waals surface area contributed by atoms with Gasteiger partial charge in [0.1, 0.15) is 6.04 Å². The molecule has 2 atom stereocenters. The van der Waals surface area contributed by atoms with Crippen molar-refractivity contribution >= 4 is 5.97 Å². The van der Waals surface area contributed by atoms with E-state index in [1.54, 1.807) is 11.9 Å². The van der Waals surface area contributed by atoms with Crippen LogP contribution in [0.25, 0.3) is 0 Å². The highest BCUT2D eigenvalue weighted by Gasteiger charge is 2.37. The normalized spacial score (nSPS) is 22.5. The number of carbonyl (C=O) groups excluding carboxylic acids is 1. The highest BCUT2D eigenvalue weighted by Crippen LogP contribution is 2.20. The van der Waals surface area contributed by atoms with Crippen molar-refractivity contribution in [3.05, 3.63) is 32.6 Å². The lowest BCUT2D eigenvalue weighted by molar-refractivity contribution is -0.146. The number of esters is 1. The second kappa shape index (κ2) is 5.82. The molecule has 1 N–H and O–H groups in total. The zero-order chi connectivity index (χ0) is 15.7. The molecule has 2 unspecified atom stereocenters. The van der Waals surface area contributed by atoms with Crippen LogP contribution < -0.4 is 11.2 Å². The van der Waals surface area contributed by atoms with Gasteiger partial charge in [-0.1, -0.05) is 0 Å². The second-order valence-corrected chi connectivity index (χ2v) is 5.23. The lowest BCUT2D eigenvalue weighted by atomic mass is 10.2. The van der Waals surface area contributed by atoms with Crippen LogP contribution in [0.3, 0.4) is 0 Å². The lowest BCUT2D eigenvalue weighted by Crippen LogP contribution is -2.41. The van der Waals surface area contributed by atoms with E-state index in [1.807, 2.05) is 0 Å². The summed E-state index contributed by atoms with van der Waals surface area (Å²) < 4.78 is 7.10. The van der Waals surface area contributed by atoms with Gasteiger partial charge in [0.2, 0.25) is 0 Å². The first-order valence-electron chi connectivity index (χ1n) is 6.61. The molecular formula is C13H19N3O5. The molecule has 8 nitrogen and oxygen atoms in total. The monoisotopic (exact) mass is 297 g/mol. The summed E-state index contributed by atoms with van der Waals surface area (Å²) in [5, 5.41) is 9.73. The van der Waals surface area contributed by atoms with Gasteiger partial charge in [-0.25, -0.2) is 4.79 Å². The van der Waals surface area contributed by atoms with Crippen LogP contribution in [0, 0.1) is 0 Å². The molecule has 0 amide bonds. The molecule has 0 aliphatic carbocycles. The van der Waals surface area contributed by atoms with Crippen LogP contribution in [-0.4, -0.2) is 50.9 Å². The first-order valence-corrected chi connectivity index (χ1v) is 6.61. The Bertz CT molecular complexity index is 663. The predicted octanol–water partition coefficient (Wildman–Crippen LogP) is -1.81. The summed E-state index contributed by atoms with van der Waals surface area (Å²) in [5.41, 5.74) is -0.333. The Morgan fingerprint density at radius 2 is 2.05 bits per heavy atom. The van der Waals surface area contributed by atoms with E-state index >= 15 is 0 Å². The summed E-state index contributed by atoms with van der Waals surface area (Å²) in [4.78, 5) is 37.0. The Kier molecular flexibility index (Phi) is 4.29. The fraction of sp³-hybridized carbons (Fsp3) is 0.615. The van der Waals surface area contributed by atoms with Gasteiger partial charge in [-0.3, -0.25) is 23.6 Å². The van der Waals surface area contributed by atoms with Gasteiger partial charge >= 0.3 is 11.7 Å². The molecule has 1 aliphatic heterocycles. The van der Waals surface area contributed by atoms with E-state index < -0.39 is 29.4 Å². The van der Waals surface area contributed by atoms with Gasteiger partial charge in [-0.05, 0) is 0 Å². The number of ether oxygens (including phenoxy) is 1. The maximum Gasteiger partial charge on any atom is 0.330 e. The molecule has 1 saturated heterocycles. The molecule has 1 aromatic heterocycles. The SMILES string of the molecule is COC(=O)C1CC(O)CN1Cc1cc(=O)n(C)c(=O)n1C. The molecule has 2 heterocycles. The topological polar surface area (TPSA) is 93.8 Å². The summed E-state index contributed by atoms with van der Waals surface area (Å²) in [6.45, 7) is 0.516. The molecule has 1 fully saturated rings. The molecule has 116 valence electrons. The smallest absolute Gasteiger partial charge is 0.330 e. The van der Waals surface area contributed by atoms with Crippen LogP contribution in [0.5, 0.6) is 0 Å². The number of aromatic nitrogens is 2. The maximum atomic E-state index is 11.9. The zero-order valence-electron chi connectivity index (χ0n) is 12.3. The van der Waals surface area contributed by atoms with Crippen LogP contribution in [0.4, 0.5) is 0 Å². The molecule has 1 aliphatic rings. The first kappa shape index (κ1) is 15.5. The van der Waals surface area contributed by atoms with Crippen LogP contribution in [0.1, 0.15) is 12.1 Å². The molecule has 8 heteroatoms. The van der Waals surface area contributed by atoms with Crippen molar-refractivity contribution < 1.29 is 14.6 Å². The van der Waals surface area contributed by atoms with Gasteiger partial charge in [-0.15, -0.1) is 0 Å². The van der Waals surface area contributed by atoms with Crippen molar-refractivity contribution in [2.24, 2.45) is 14.1 Å². The minimum atomic E-state index is -0.627. The fourth-order valence-electron chi connectivity index (χ4n) is 2.57. The molecule has 0 aromatic carbocycles. The molecule has 1 aromatic rings. The number of β-amino-alcohol motifs (C(OH)–C–C–N with tert-alkyl or cyclic N) is 1. The molecule has 0 bridgehead atoms. The van der Waals surface area contributed by atoms with Gasteiger partial charge in [-0.2, -0.15) is 0 Å². The Labute approximate surface area is 121 Å². The lowest BCUT2D eigenvalue weighted by Gasteiger charge is -2.23. The number of methoxy groups -OCH3 is 1. The second-order valence-electron chi connectivity index (χ2n) is 5.23. The van der Waals surface area contributed by atoms with E-state index in [-0.39, 0.29) is 13.0 Å². The quantitative estimate of drug-likeness (QED) is 0.661. The first-order chi connectivity index (χ1) is 9.85. The maximum absolute atomic E-state index is 11.9. The number of likely N-dealkylation sites (tertiary alicyclic amines) is 1. The highest BCUT2D eigenvalue weighted by atomic mass is 16.5. The fourth-order valence-corrected chi connectivity index (χ4v) is 2.57. The van der Waals surface area contributed by atoms with Gasteiger partial charge < -0.3 is 9.84 Å². The number of rotatable bonds is 3. The summed E-state index contributed by atoms with van der Waals surface area (Å²) in [5.74, 6) is -0.430. The summed E-state index contributed by atoms with van der Waals surface area (Å²) in [6, 6.07) is 0.796. The van der Waals surface area contributed by atoms with Crippen molar-refractivity contribution in [1.82, 2.24) is 14.0 Å². The van der Waals surface area contributed by atoms with E-state index in [1.165, 1.54) is 24.8 Å². The number of aliphatic hydroxyl groups excluding tert-OH is 1. The minimum absolute atomic E-state index is 0.221. The number of carbonyl (C=O) groups is 1. The van der Waals surface area contributed by atoms with Gasteiger partial charge in [0.05, 0.1) is 13.2 Å². The van der Waals surface area contributed by atoms with Gasteiger partial charge in [0.15, 0.2) is 0 Å². The van der Waals surface area contributed by atoms with Gasteiger partial charge in [0, 0.05) is 45.4 Å². The standard InChI is InChI=1S/C13H19N3O5/c1-14-8(4-11(18)15(2)13(14)20)6-16-7-9(17)5-10(16)12(19)21-3/h4,9-10,17H,5-7H2,1-3H3. The van der Waals surface area contributed by atoms with Crippen molar-refractivity contribution in [3.63, 3.8) is 0 Å². The summed E-state index contributed by atoms with van der Waals surface area (Å²) >= 11 is 0. The minimum Gasteiger partial charge on any atom is -0.468 e. The number of hydrogen-bond donors (Lipinski definition) is 1. The van der Waals surface area contributed by atoms with E-state index in [2.05, 4.69) is 0 Å². The summed E-state index contributed by atoms with van der Waals surface area (Å²) in [6.07, 6.45) is -0.344. The largest absolute Gasteiger partial charge is 0.468 e. The Morgan fingerprint density at radius 1 is 1.38 bits per heavy atom. The number of nitrogens with zero attached hydrogens (tertiary/aromatic N) is 3. The Morgan fingerprint density at radius 3 is 2.67 bits per heavy atom. The molecule has 2 rings (SSSR count).